The summed E-state index contributed by atoms with van der Waals surface area (Å²) >= 11 is 6.23. The van der Waals surface area contributed by atoms with Gasteiger partial charge in [-0.05, 0) is 30.7 Å². The van der Waals surface area contributed by atoms with Crippen LogP contribution in [0.2, 0.25) is 0 Å². The number of carbonyl (C=O) groups excluding carboxylic acids is 2. The molecule has 0 aromatic heterocycles. The molecule has 25 heavy (non-hydrogen) atoms. The fraction of sp³-hybridized carbons (Fsp3) is 0.300. The van der Waals surface area contributed by atoms with Gasteiger partial charge >= 0.3 is 11.9 Å². The van der Waals surface area contributed by atoms with Crippen LogP contribution in [0.1, 0.15) is 33.6 Å². The lowest BCUT2D eigenvalue weighted by molar-refractivity contribution is 0.00490. The van der Waals surface area contributed by atoms with Crippen molar-refractivity contribution in [1.82, 2.24) is 0 Å². The van der Waals surface area contributed by atoms with Crippen LogP contribution in [0.15, 0.2) is 60.7 Å². The fourth-order valence-electron chi connectivity index (χ4n) is 2.96. The minimum atomic E-state index is -0.383. The van der Waals surface area contributed by atoms with Crippen molar-refractivity contribution in [2.75, 3.05) is 6.61 Å². The zero-order valence-electron chi connectivity index (χ0n) is 13.6. The van der Waals surface area contributed by atoms with Crippen molar-refractivity contribution in [3.05, 3.63) is 71.8 Å². The predicted molar refractivity (Wildman–Crippen MR) is 94.7 cm³/mol. The van der Waals surface area contributed by atoms with Crippen LogP contribution < -0.4 is 0 Å². The summed E-state index contributed by atoms with van der Waals surface area (Å²) in [6, 6.07) is 17.6. The van der Waals surface area contributed by atoms with Gasteiger partial charge in [-0.3, -0.25) is 0 Å². The molecule has 0 saturated heterocycles. The summed E-state index contributed by atoms with van der Waals surface area (Å²) in [5.74, 6) is -0.856. The number of hydrogen-bond acceptors (Lipinski definition) is 4. The molecule has 1 fully saturated rings. The first kappa shape index (κ1) is 17.5. The van der Waals surface area contributed by atoms with Crippen molar-refractivity contribution in [2.24, 2.45) is 5.92 Å². The lowest BCUT2D eigenvalue weighted by Gasteiger charge is -2.20. The number of alkyl halides is 1. The molecule has 0 spiro atoms. The fourth-order valence-corrected chi connectivity index (χ4v) is 3.37. The first-order valence-corrected chi connectivity index (χ1v) is 8.69. The minimum absolute atomic E-state index is 0.0889. The second-order valence-corrected chi connectivity index (χ2v) is 6.72. The Bertz CT molecular complexity index is 717. The summed E-state index contributed by atoms with van der Waals surface area (Å²) in [4.78, 5) is 24.3. The Morgan fingerprint density at radius 3 is 2.04 bits per heavy atom. The standard InChI is InChI=1S/C20H19ClO4/c21-17-11-16(13-24-19(22)14-7-3-1-4-8-14)18(12-17)25-20(23)15-9-5-2-6-10-15/h1-10,16-18H,11-13H2. The van der Waals surface area contributed by atoms with Crippen LogP contribution in [0.4, 0.5) is 0 Å². The molecule has 3 rings (SSSR count). The van der Waals surface area contributed by atoms with Crippen LogP contribution in [0.5, 0.6) is 0 Å². The zero-order valence-corrected chi connectivity index (χ0v) is 14.4. The number of rotatable bonds is 5. The maximum absolute atomic E-state index is 12.2. The molecule has 3 atom stereocenters. The molecule has 130 valence electrons. The van der Waals surface area contributed by atoms with Crippen molar-refractivity contribution in [1.29, 1.82) is 0 Å². The number of halogens is 1. The third-order valence-electron chi connectivity index (χ3n) is 4.28. The Labute approximate surface area is 151 Å². The van der Waals surface area contributed by atoms with E-state index in [-0.39, 0.29) is 35.9 Å². The lowest BCUT2D eigenvalue weighted by atomic mass is 10.1. The summed E-state index contributed by atoms with van der Waals surface area (Å²) in [5.41, 5.74) is 1.00. The van der Waals surface area contributed by atoms with Crippen LogP contribution in [-0.4, -0.2) is 30.0 Å². The van der Waals surface area contributed by atoms with Crippen molar-refractivity contribution in [2.45, 2.75) is 24.3 Å². The molecular weight excluding hydrogens is 340 g/mol. The molecule has 0 bridgehead atoms. The Hall–Kier alpha value is -2.33. The Morgan fingerprint density at radius 1 is 0.880 bits per heavy atom. The number of carbonyl (C=O) groups is 2. The molecule has 1 saturated carbocycles. The van der Waals surface area contributed by atoms with Gasteiger partial charge in [0.2, 0.25) is 0 Å². The molecule has 0 N–H and O–H groups in total. The van der Waals surface area contributed by atoms with E-state index >= 15 is 0 Å². The van der Waals surface area contributed by atoms with Crippen LogP contribution in [0.3, 0.4) is 0 Å². The van der Waals surface area contributed by atoms with E-state index in [1.807, 2.05) is 12.1 Å². The Kier molecular flexibility index (Phi) is 5.71. The quantitative estimate of drug-likeness (QED) is 0.596. The highest BCUT2D eigenvalue weighted by Crippen LogP contribution is 2.33. The van der Waals surface area contributed by atoms with Crippen molar-refractivity contribution in [3.63, 3.8) is 0 Å². The van der Waals surface area contributed by atoms with Gasteiger partial charge in [0.15, 0.2) is 0 Å². The van der Waals surface area contributed by atoms with Crippen molar-refractivity contribution >= 4 is 23.5 Å². The molecule has 0 amide bonds. The van der Waals surface area contributed by atoms with E-state index in [0.717, 1.165) is 0 Å². The number of hydrogen-bond donors (Lipinski definition) is 0. The van der Waals surface area contributed by atoms with E-state index in [1.165, 1.54) is 0 Å². The molecule has 3 unspecified atom stereocenters. The van der Waals surface area contributed by atoms with Crippen LogP contribution in [0.25, 0.3) is 0 Å². The SMILES string of the molecule is O=C(OCC1CC(Cl)CC1OC(=O)c1ccccc1)c1ccccc1. The first-order valence-electron chi connectivity index (χ1n) is 8.26. The van der Waals surface area contributed by atoms with E-state index in [9.17, 15) is 9.59 Å². The average molecular weight is 359 g/mol. The van der Waals surface area contributed by atoms with E-state index in [4.69, 9.17) is 21.1 Å². The molecule has 0 radical (unpaired) electrons. The van der Waals surface area contributed by atoms with E-state index in [0.29, 0.717) is 24.0 Å². The van der Waals surface area contributed by atoms with E-state index in [2.05, 4.69) is 0 Å². The minimum Gasteiger partial charge on any atom is -0.462 e. The van der Waals surface area contributed by atoms with E-state index < -0.39 is 0 Å². The first-order chi connectivity index (χ1) is 12.1. The molecule has 2 aromatic carbocycles. The molecule has 4 nitrogen and oxygen atoms in total. The maximum atomic E-state index is 12.2. The summed E-state index contributed by atoms with van der Waals surface area (Å²) in [6.45, 7) is 0.184. The topological polar surface area (TPSA) is 52.6 Å². The van der Waals surface area contributed by atoms with Crippen molar-refractivity contribution in [3.8, 4) is 0 Å². The van der Waals surface area contributed by atoms with Gasteiger partial charge in [-0.15, -0.1) is 11.6 Å². The summed E-state index contributed by atoms with van der Waals surface area (Å²) in [5, 5.41) is -0.0889. The molecule has 1 aliphatic carbocycles. The van der Waals surface area contributed by atoms with Gasteiger partial charge < -0.3 is 9.47 Å². The highest BCUT2D eigenvalue weighted by Gasteiger charge is 2.37. The smallest absolute Gasteiger partial charge is 0.338 e. The Balaban J connectivity index is 1.58. The zero-order chi connectivity index (χ0) is 17.6. The van der Waals surface area contributed by atoms with Gasteiger partial charge in [0.05, 0.1) is 17.7 Å². The lowest BCUT2D eigenvalue weighted by Crippen LogP contribution is -2.26. The van der Waals surface area contributed by atoms with Gasteiger partial charge in [-0.25, -0.2) is 9.59 Å². The molecular formula is C20H19ClO4. The normalized spacial score (nSPS) is 22.4. The average Bonchev–Trinajstić information content (AvgIpc) is 3.00. The summed E-state index contributed by atoms with van der Waals surface area (Å²) in [6.07, 6.45) is 0.864. The maximum Gasteiger partial charge on any atom is 0.338 e. The number of esters is 2. The molecule has 0 aliphatic heterocycles. The second kappa shape index (κ2) is 8.17. The molecule has 0 heterocycles. The van der Waals surface area contributed by atoms with Gasteiger partial charge in [0.1, 0.15) is 6.10 Å². The molecule has 5 heteroatoms. The molecule has 2 aromatic rings. The van der Waals surface area contributed by atoms with Gasteiger partial charge in [0, 0.05) is 17.7 Å². The third kappa shape index (κ3) is 4.60. The van der Waals surface area contributed by atoms with Gasteiger partial charge in [-0.2, -0.15) is 0 Å². The predicted octanol–water partition coefficient (Wildman–Crippen LogP) is 4.09. The highest BCUT2D eigenvalue weighted by atomic mass is 35.5. The monoisotopic (exact) mass is 358 g/mol. The number of benzene rings is 2. The van der Waals surface area contributed by atoms with Crippen LogP contribution in [-0.2, 0) is 9.47 Å². The Morgan fingerprint density at radius 2 is 1.44 bits per heavy atom. The van der Waals surface area contributed by atoms with Crippen LogP contribution in [0, 0.1) is 5.92 Å². The van der Waals surface area contributed by atoms with E-state index in [1.54, 1.807) is 48.5 Å². The second-order valence-electron chi connectivity index (χ2n) is 6.10. The van der Waals surface area contributed by atoms with Gasteiger partial charge in [-0.1, -0.05) is 36.4 Å². The van der Waals surface area contributed by atoms with Crippen molar-refractivity contribution < 1.29 is 19.1 Å². The number of ether oxygens (including phenoxy) is 2. The van der Waals surface area contributed by atoms with Gasteiger partial charge in [0.25, 0.3) is 0 Å². The summed E-state index contributed by atoms with van der Waals surface area (Å²) < 4.78 is 11.0. The van der Waals surface area contributed by atoms with Crippen LogP contribution >= 0.6 is 11.6 Å². The molecule has 1 aliphatic rings. The third-order valence-corrected chi connectivity index (χ3v) is 4.63. The highest BCUT2D eigenvalue weighted by molar-refractivity contribution is 6.20. The largest absolute Gasteiger partial charge is 0.462 e. The summed E-state index contributed by atoms with van der Waals surface area (Å²) in [7, 11) is 0.